The zero-order chi connectivity index (χ0) is 31.8. The molecule has 2 saturated heterocycles. The van der Waals surface area contributed by atoms with E-state index >= 15 is 0 Å². The van der Waals surface area contributed by atoms with Gasteiger partial charge in [-0.3, -0.25) is 4.79 Å². The van der Waals surface area contributed by atoms with Crippen LogP contribution in [0, 0.1) is 0 Å². The van der Waals surface area contributed by atoms with Crippen molar-refractivity contribution in [2.24, 2.45) is 28.7 Å². The van der Waals surface area contributed by atoms with Gasteiger partial charge in [0.1, 0.15) is 42.7 Å². The predicted octanol–water partition coefficient (Wildman–Crippen LogP) is -7.45. The number of nitrogens with one attached hydrogen (secondary N) is 2. The first-order valence-corrected chi connectivity index (χ1v) is 14.7. The third kappa shape index (κ3) is 9.19. The van der Waals surface area contributed by atoms with Gasteiger partial charge in [-0.25, -0.2) is 0 Å². The summed E-state index contributed by atoms with van der Waals surface area (Å²) in [6.07, 6.45) is -13.0. The topological polar surface area (TPSA) is 330 Å². The summed E-state index contributed by atoms with van der Waals surface area (Å²) in [5, 5.41) is 68.4. The summed E-state index contributed by atoms with van der Waals surface area (Å²) in [6, 6.07) is -3.95. The first-order chi connectivity index (χ1) is 20.4. The van der Waals surface area contributed by atoms with Gasteiger partial charge in [0.25, 0.3) is 0 Å². The number of hydrogen-bond donors (Lipinski definition) is 13. The van der Waals surface area contributed by atoms with Crippen molar-refractivity contribution >= 4 is 5.91 Å². The van der Waals surface area contributed by atoms with Gasteiger partial charge < -0.3 is 88.9 Å². The predicted molar refractivity (Wildman–Crippen MR) is 149 cm³/mol. The standard InChI is InChI=1S/C25H51N7O11/c26-3-1-5-31-8-15-14(35)7-11(29)24(40-15)42-21-10(28)6-12(32-23(39)13(34)2-4-27)22(20(21)38)43-25-19(37)17(30)18(36)16(9-33)41-25/h10-22,24-25,31,33-38H,1-9,26-30H2,(H,32,39)/t10-,11+,12+,13?,14-,15+,16+,17-,18+,19+,20-,21+,22-,24+,25+/m0/s1. The van der Waals surface area contributed by atoms with Gasteiger partial charge in [0.15, 0.2) is 12.6 Å². The van der Waals surface area contributed by atoms with E-state index in [1.807, 2.05) is 0 Å². The average molecular weight is 626 g/mol. The van der Waals surface area contributed by atoms with Crippen LogP contribution in [0.15, 0.2) is 0 Å². The van der Waals surface area contributed by atoms with Crippen molar-refractivity contribution in [3.05, 3.63) is 0 Å². The highest BCUT2D eigenvalue weighted by molar-refractivity contribution is 5.80. The molecule has 15 atom stereocenters. The van der Waals surface area contributed by atoms with Crippen molar-refractivity contribution in [1.82, 2.24) is 10.6 Å². The Bertz CT molecular complexity index is 851. The SMILES string of the molecule is NCCCNC[C@H]1O[C@H](O[C@H]2[C@H](O)[C@@H](O[C@H]3O[C@H](CO)[C@@H](O)[C@H](N)[C@H]3O)[C@H](NC(=O)C(O)CCN)C[C@@H]2N)[C@H](N)C[C@@H]1O. The first kappa shape index (κ1) is 36.3. The fourth-order valence-corrected chi connectivity index (χ4v) is 5.54. The molecule has 1 unspecified atom stereocenters. The number of carbonyl (C=O) groups is 1. The maximum atomic E-state index is 12.7. The Hall–Kier alpha value is -1.17. The highest BCUT2D eigenvalue weighted by Crippen LogP contribution is 2.31. The molecule has 0 radical (unpaired) electrons. The van der Waals surface area contributed by atoms with E-state index in [2.05, 4.69) is 10.6 Å². The molecule has 18 N–H and O–H groups in total. The zero-order valence-corrected chi connectivity index (χ0v) is 24.1. The van der Waals surface area contributed by atoms with Gasteiger partial charge >= 0.3 is 0 Å². The van der Waals surface area contributed by atoms with Crippen LogP contribution in [0.2, 0.25) is 0 Å². The molecule has 3 aliphatic rings. The summed E-state index contributed by atoms with van der Waals surface area (Å²) in [6.45, 7) is 0.824. The minimum Gasteiger partial charge on any atom is -0.394 e. The second kappa shape index (κ2) is 16.9. The number of amides is 1. The quantitative estimate of drug-likeness (QED) is 0.0797. The number of ether oxygens (including phenoxy) is 4. The second-order valence-corrected chi connectivity index (χ2v) is 11.4. The number of nitrogens with two attached hydrogens (primary N) is 5. The van der Waals surface area contributed by atoms with Gasteiger partial charge in [0.05, 0.1) is 36.9 Å². The van der Waals surface area contributed by atoms with Crippen LogP contribution in [-0.4, -0.2) is 161 Å². The fraction of sp³-hybridized carbons (Fsp3) is 0.960. The number of rotatable bonds is 14. The molecule has 18 heteroatoms. The van der Waals surface area contributed by atoms with Gasteiger partial charge in [0, 0.05) is 12.6 Å². The number of hydrogen-bond acceptors (Lipinski definition) is 17. The van der Waals surface area contributed by atoms with Crippen LogP contribution in [0.1, 0.15) is 25.7 Å². The largest absolute Gasteiger partial charge is 0.394 e. The highest BCUT2D eigenvalue weighted by atomic mass is 16.7. The molecule has 1 saturated carbocycles. The van der Waals surface area contributed by atoms with Gasteiger partial charge in [0.2, 0.25) is 5.91 Å². The van der Waals surface area contributed by atoms with E-state index in [-0.39, 0.29) is 25.8 Å². The minimum atomic E-state index is -1.58. The van der Waals surface area contributed by atoms with Crippen molar-refractivity contribution in [2.45, 2.75) is 117 Å². The van der Waals surface area contributed by atoms with Crippen LogP contribution in [0.3, 0.4) is 0 Å². The van der Waals surface area contributed by atoms with Gasteiger partial charge in [-0.15, -0.1) is 0 Å². The van der Waals surface area contributed by atoms with E-state index in [1.165, 1.54) is 0 Å². The number of carbonyl (C=O) groups excluding carboxylic acids is 1. The van der Waals surface area contributed by atoms with Crippen LogP contribution >= 0.6 is 0 Å². The van der Waals surface area contributed by atoms with Crippen molar-refractivity contribution in [1.29, 1.82) is 0 Å². The van der Waals surface area contributed by atoms with Crippen LogP contribution < -0.4 is 39.3 Å². The Morgan fingerprint density at radius 1 is 0.884 bits per heavy atom. The Labute approximate surface area is 250 Å². The molecule has 1 aliphatic carbocycles. The molecule has 2 aliphatic heterocycles. The number of aliphatic hydroxyl groups excluding tert-OH is 6. The second-order valence-electron chi connectivity index (χ2n) is 11.4. The van der Waals surface area contributed by atoms with Crippen LogP contribution in [-0.2, 0) is 23.7 Å². The van der Waals surface area contributed by atoms with E-state index in [0.717, 1.165) is 6.42 Å². The van der Waals surface area contributed by atoms with Crippen LogP contribution in [0.25, 0.3) is 0 Å². The Balaban J connectivity index is 1.79. The monoisotopic (exact) mass is 625 g/mol. The molecule has 0 bridgehead atoms. The molecular weight excluding hydrogens is 574 g/mol. The lowest BCUT2D eigenvalue weighted by molar-refractivity contribution is -0.316. The van der Waals surface area contributed by atoms with E-state index in [4.69, 9.17) is 47.6 Å². The van der Waals surface area contributed by atoms with Crippen molar-refractivity contribution in [2.75, 3.05) is 32.8 Å². The molecule has 252 valence electrons. The molecular formula is C25H51N7O11. The van der Waals surface area contributed by atoms with Gasteiger partial charge in [-0.1, -0.05) is 0 Å². The Kier molecular flexibility index (Phi) is 14.3. The molecule has 18 nitrogen and oxygen atoms in total. The summed E-state index contributed by atoms with van der Waals surface area (Å²) in [4.78, 5) is 12.7. The maximum absolute atomic E-state index is 12.7. The number of aliphatic hydroxyl groups is 6. The third-order valence-corrected chi connectivity index (χ3v) is 8.11. The van der Waals surface area contributed by atoms with Crippen molar-refractivity contribution in [3.63, 3.8) is 0 Å². The summed E-state index contributed by atoms with van der Waals surface area (Å²) < 4.78 is 23.5. The van der Waals surface area contributed by atoms with Gasteiger partial charge in [-0.2, -0.15) is 0 Å². The normalized spacial score (nSPS) is 42.9. The van der Waals surface area contributed by atoms with E-state index < -0.39 is 104 Å². The molecule has 2 heterocycles. The Morgan fingerprint density at radius 2 is 1.56 bits per heavy atom. The summed E-state index contributed by atoms with van der Waals surface area (Å²) >= 11 is 0. The maximum Gasteiger partial charge on any atom is 0.249 e. The van der Waals surface area contributed by atoms with E-state index in [9.17, 15) is 35.4 Å². The van der Waals surface area contributed by atoms with E-state index in [1.54, 1.807) is 0 Å². The minimum absolute atomic E-state index is 0.0230. The molecule has 3 rings (SSSR count). The first-order valence-electron chi connectivity index (χ1n) is 14.7. The molecule has 0 spiro atoms. The molecule has 0 aromatic rings. The fourth-order valence-electron chi connectivity index (χ4n) is 5.54. The lowest BCUT2D eigenvalue weighted by atomic mass is 9.83. The molecule has 1 amide bonds. The van der Waals surface area contributed by atoms with Crippen LogP contribution in [0.4, 0.5) is 0 Å². The molecule has 0 aromatic heterocycles. The summed E-state index contributed by atoms with van der Waals surface area (Å²) in [5.41, 5.74) is 29.5. The lowest BCUT2D eigenvalue weighted by Crippen LogP contribution is -2.69. The zero-order valence-electron chi connectivity index (χ0n) is 24.1. The smallest absolute Gasteiger partial charge is 0.249 e. The third-order valence-electron chi connectivity index (χ3n) is 8.11. The summed E-state index contributed by atoms with van der Waals surface area (Å²) in [5.74, 6) is -0.787. The van der Waals surface area contributed by atoms with Crippen molar-refractivity contribution in [3.8, 4) is 0 Å². The van der Waals surface area contributed by atoms with Crippen LogP contribution in [0.5, 0.6) is 0 Å². The highest BCUT2D eigenvalue weighted by Gasteiger charge is 2.51. The average Bonchev–Trinajstić information content (AvgIpc) is 2.97. The summed E-state index contributed by atoms with van der Waals surface area (Å²) in [7, 11) is 0. The molecule has 43 heavy (non-hydrogen) atoms. The van der Waals surface area contributed by atoms with Gasteiger partial charge in [-0.05, 0) is 45.3 Å². The lowest BCUT2D eigenvalue weighted by Gasteiger charge is -2.48. The van der Waals surface area contributed by atoms with E-state index in [0.29, 0.717) is 19.6 Å². The molecule has 3 fully saturated rings. The Morgan fingerprint density at radius 3 is 2.21 bits per heavy atom. The molecule has 0 aromatic carbocycles. The van der Waals surface area contributed by atoms with Crippen molar-refractivity contribution < 1.29 is 54.4 Å².